The summed E-state index contributed by atoms with van der Waals surface area (Å²) in [6.45, 7) is 5.79. The van der Waals surface area contributed by atoms with Crippen LogP contribution < -0.4 is 10.6 Å². The molecule has 1 aromatic heterocycles. The molecule has 0 bridgehead atoms. The predicted octanol–water partition coefficient (Wildman–Crippen LogP) is 0.594. The third-order valence-electron chi connectivity index (χ3n) is 2.05. The van der Waals surface area contributed by atoms with E-state index in [9.17, 15) is 0 Å². The molecule has 2 N–H and O–H groups in total. The van der Waals surface area contributed by atoms with E-state index in [0.29, 0.717) is 12.6 Å². The Balaban J connectivity index is 2.82. The van der Waals surface area contributed by atoms with Gasteiger partial charge in [0.05, 0.1) is 0 Å². The lowest BCUT2D eigenvalue weighted by molar-refractivity contribution is 0.648. The predicted molar refractivity (Wildman–Crippen MR) is 54.7 cm³/mol. The van der Waals surface area contributed by atoms with Crippen LogP contribution in [0.3, 0.4) is 0 Å². The molecule has 74 valence electrons. The first-order valence-corrected chi connectivity index (χ1v) is 4.61. The molecular weight excluding hydrogens is 164 g/mol. The summed E-state index contributed by atoms with van der Waals surface area (Å²) in [6.07, 6.45) is 3.75. The van der Waals surface area contributed by atoms with Crippen molar-refractivity contribution < 1.29 is 0 Å². The first kappa shape index (κ1) is 10.1. The first-order chi connectivity index (χ1) is 6.16. The van der Waals surface area contributed by atoms with Crippen molar-refractivity contribution in [3.8, 4) is 0 Å². The summed E-state index contributed by atoms with van der Waals surface area (Å²) in [5.41, 5.74) is 5.54. The van der Waals surface area contributed by atoms with Gasteiger partial charge in [0.1, 0.15) is 0 Å². The SMILES string of the molecule is CC(C)N(CCN)c1nccn1C. The topological polar surface area (TPSA) is 47.1 Å². The number of hydrogen-bond donors (Lipinski definition) is 1. The van der Waals surface area contributed by atoms with E-state index in [-0.39, 0.29) is 0 Å². The zero-order valence-electron chi connectivity index (χ0n) is 8.57. The van der Waals surface area contributed by atoms with Gasteiger partial charge in [-0.25, -0.2) is 4.98 Å². The second-order valence-electron chi connectivity index (χ2n) is 3.41. The molecule has 0 aromatic carbocycles. The van der Waals surface area contributed by atoms with Gasteiger partial charge in [-0.05, 0) is 13.8 Å². The third-order valence-corrected chi connectivity index (χ3v) is 2.05. The van der Waals surface area contributed by atoms with E-state index in [4.69, 9.17) is 5.73 Å². The molecule has 0 radical (unpaired) electrons. The van der Waals surface area contributed by atoms with Crippen molar-refractivity contribution in [3.05, 3.63) is 12.4 Å². The summed E-state index contributed by atoms with van der Waals surface area (Å²) >= 11 is 0. The number of imidazole rings is 1. The average Bonchev–Trinajstić information content (AvgIpc) is 2.47. The highest BCUT2D eigenvalue weighted by Gasteiger charge is 2.12. The fourth-order valence-electron chi connectivity index (χ4n) is 1.36. The van der Waals surface area contributed by atoms with Gasteiger partial charge >= 0.3 is 0 Å². The van der Waals surface area contributed by atoms with Crippen molar-refractivity contribution in [2.24, 2.45) is 12.8 Å². The molecule has 1 heterocycles. The van der Waals surface area contributed by atoms with Crippen LogP contribution in [0.1, 0.15) is 13.8 Å². The highest BCUT2D eigenvalue weighted by molar-refractivity contribution is 5.32. The largest absolute Gasteiger partial charge is 0.339 e. The molecule has 0 spiro atoms. The van der Waals surface area contributed by atoms with Gasteiger partial charge in [-0.3, -0.25) is 0 Å². The molecule has 1 rings (SSSR count). The molecule has 0 amide bonds. The number of anilines is 1. The Morgan fingerprint density at radius 1 is 1.62 bits per heavy atom. The summed E-state index contributed by atoms with van der Waals surface area (Å²) in [5, 5.41) is 0. The van der Waals surface area contributed by atoms with Gasteiger partial charge < -0.3 is 15.2 Å². The zero-order chi connectivity index (χ0) is 9.84. The molecule has 0 fully saturated rings. The molecule has 4 nitrogen and oxygen atoms in total. The number of nitrogens with two attached hydrogens (primary N) is 1. The van der Waals surface area contributed by atoms with Gasteiger partial charge in [0.15, 0.2) is 0 Å². The van der Waals surface area contributed by atoms with Crippen LogP contribution in [-0.4, -0.2) is 28.7 Å². The molecule has 0 saturated carbocycles. The molecular formula is C9H18N4. The number of aryl methyl sites for hydroxylation is 1. The quantitative estimate of drug-likeness (QED) is 0.741. The van der Waals surface area contributed by atoms with Gasteiger partial charge in [-0.1, -0.05) is 0 Å². The van der Waals surface area contributed by atoms with Crippen LogP contribution in [0.25, 0.3) is 0 Å². The molecule has 0 aliphatic carbocycles. The van der Waals surface area contributed by atoms with Crippen LogP contribution >= 0.6 is 0 Å². The average molecular weight is 182 g/mol. The van der Waals surface area contributed by atoms with E-state index in [1.54, 1.807) is 6.20 Å². The van der Waals surface area contributed by atoms with Crippen LogP contribution in [-0.2, 0) is 7.05 Å². The number of nitrogens with zero attached hydrogens (tertiary/aromatic N) is 3. The van der Waals surface area contributed by atoms with Crippen molar-refractivity contribution >= 4 is 5.95 Å². The Bertz CT molecular complexity index is 254. The molecule has 0 atom stereocenters. The molecule has 0 unspecified atom stereocenters. The van der Waals surface area contributed by atoms with Crippen LogP contribution in [0.5, 0.6) is 0 Å². The van der Waals surface area contributed by atoms with E-state index in [0.717, 1.165) is 12.5 Å². The number of rotatable bonds is 4. The minimum atomic E-state index is 0.435. The zero-order valence-corrected chi connectivity index (χ0v) is 8.57. The van der Waals surface area contributed by atoms with E-state index in [1.807, 2.05) is 17.8 Å². The van der Waals surface area contributed by atoms with E-state index >= 15 is 0 Å². The Hall–Kier alpha value is -1.03. The van der Waals surface area contributed by atoms with Crippen LogP contribution in [0, 0.1) is 0 Å². The maximum atomic E-state index is 5.54. The van der Waals surface area contributed by atoms with Crippen molar-refractivity contribution in [2.45, 2.75) is 19.9 Å². The molecule has 0 saturated heterocycles. The van der Waals surface area contributed by atoms with Crippen molar-refractivity contribution in [3.63, 3.8) is 0 Å². The third kappa shape index (κ3) is 2.21. The van der Waals surface area contributed by atoms with Gasteiger partial charge in [-0.2, -0.15) is 0 Å². The first-order valence-electron chi connectivity index (χ1n) is 4.61. The molecule has 13 heavy (non-hydrogen) atoms. The van der Waals surface area contributed by atoms with Crippen molar-refractivity contribution in [2.75, 3.05) is 18.0 Å². The summed E-state index contributed by atoms with van der Waals surface area (Å²) < 4.78 is 2.01. The highest BCUT2D eigenvalue weighted by Crippen LogP contribution is 2.12. The lowest BCUT2D eigenvalue weighted by Crippen LogP contribution is -2.37. The van der Waals surface area contributed by atoms with E-state index in [1.165, 1.54) is 0 Å². The normalized spacial score (nSPS) is 10.8. The summed E-state index contributed by atoms with van der Waals surface area (Å²) in [6, 6.07) is 0.435. The Morgan fingerprint density at radius 2 is 2.31 bits per heavy atom. The Labute approximate surface area is 79.4 Å². The van der Waals surface area contributed by atoms with Gasteiger partial charge in [-0.15, -0.1) is 0 Å². The molecule has 4 heteroatoms. The summed E-state index contributed by atoms with van der Waals surface area (Å²) in [7, 11) is 1.99. The Kier molecular flexibility index (Phi) is 3.31. The van der Waals surface area contributed by atoms with Crippen LogP contribution in [0.2, 0.25) is 0 Å². The van der Waals surface area contributed by atoms with Gasteiger partial charge in [0.25, 0.3) is 0 Å². The number of aromatic nitrogens is 2. The van der Waals surface area contributed by atoms with Crippen molar-refractivity contribution in [1.82, 2.24) is 9.55 Å². The standard InChI is InChI=1S/C9H18N4/c1-8(2)13(6-4-10)9-11-5-7-12(9)3/h5,7-8H,4,6,10H2,1-3H3. The maximum Gasteiger partial charge on any atom is 0.205 e. The molecule has 0 aliphatic rings. The monoisotopic (exact) mass is 182 g/mol. The number of hydrogen-bond acceptors (Lipinski definition) is 3. The highest BCUT2D eigenvalue weighted by atomic mass is 15.3. The second-order valence-corrected chi connectivity index (χ2v) is 3.41. The van der Waals surface area contributed by atoms with Gasteiger partial charge in [0.2, 0.25) is 5.95 Å². The Morgan fingerprint density at radius 3 is 2.69 bits per heavy atom. The van der Waals surface area contributed by atoms with Crippen LogP contribution in [0.4, 0.5) is 5.95 Å². The maximum absolute atomic E-state index is 5.54. The second kappa shape index (κ2) is 4.28. The van der Waals surface area contributed by atoms with Crippen LogP contribution in [0.15, 0.2) is 12.4 Å². The smallest absolute Gasteiger partial charge is 0.205 e. The fourth-order valence-corrected chi connectivity index (χ4v) is 1.36. The lowest BCUT2D eigenvalue weighted by atomic mass is 10.3. The fraction of sp³-hybridized carbons (Fsp3) is 0.667. The molecule has 0 aliphatic heterocycles. The van der Waals surface area contributed by atoms with E-state index in [2.05, 4.69) is 23.7 Å². The lowest BCUT2D eigenvalue weighted by Gasteiger charge is -2.26. The minimum Gasteiger partial charge on any atom is -0.339 e. The van der Waals surface area contributed by atoms with E-state index < -0.39 is 0 Å². The minimum absolute atomic E-state index is 0.435. The summed E-state index contributed by atoms with van der Waals surface area (Å²) in [4.78, 5) is 6.48. The molecule has 1 aromatic rings. The van der Waals surface area contributed by atoms with Gasteiger partial charge in [0, 0.05) is 38.6 Å². The van der Waals surface area contributed by atoms with Crippen molar-refractivity contribution in [1.29, 1.82) is 0 Å². The summed E-state index contributed by atoms with van der Waals surface area (Å²) in [5.74, 6) is 0.987.